The van der Waals surface area contributed by atoms with Crippen LogP contribution in [0.1, 0.15) is 55.7 Å². The van der Waals surface area contributed by atoms with Crippen LogP contribution in [-0.2, 0) is 31.4 Å². The fourth-order valence-electron chi connectivity index (χ4n) is 4.18. The van der Waals surface area contributed by atoms with E-state index in [1.165, 1.54) is 5.56 Å². The molecule has 0 spiro atoms. The molecule has 220 valence electrons. The molecule has 0 radical (unpaired) electrons. The Morgan fingerprint density at radius 2 is 1.49 bits per heavy atom. The molecule has 4 rings (SSSR count). The predicted molar refractivity (Wildman–Crippen MR) is 150 cm³/mol. The molecule has 1 amide bonds. The van der Waals surface area contributed by atoms with Crippen LogP contribution in [0.5, 0.6) is 0 Å². The van der Waals surface area contributed by atoms with Gasteiger partial charge >= 0.3 is 12.1 Å². The SMILES string of the molecule is CC(C)c1ccc(S(=O)(=O)Nc2ccc(C3(C(=O)NCCCc4ccccc4)CC3)cc2)cc1.O=C(O)C(F)(F)F. The Hall–Kier alpha value is -3.86. The van der Waals surface area contributed by atoms with Crippen LogP contribution in [0.3, 0.4) is 0 Å². The van der Waals surface area contributed by atoms with E-state index in [4.69, 9.17) is 9.90 Å². The lowest BCUT2D eigenvalue weighted by atomic mass is 9.94. The van der Waals surface area contributed by atoms with Crippen LogP contribution in [0.15, 0.2) is 83.8 Å². The van der Waals surface area contributed by atoms with Gasteiger partial charge in [0.2, 0.25) is 5.91 Å². The van der Waals surface area contributed by atoms with Gasteiger partial charge in [0.15, 0.2) is 0 Å². The van der Waals surface area contributed by atoms with E-state index in [0.29, 0.717) is 18.2 Å². The number of hydrogen-bond donors (Lipinski definition) is 3. The molecule has 41 heavy (non-hydrogen) atoms. The van der Waals surface area contributed by atoms with E-state index in [1.807, 2.05) is 42.5 Å². The molecule has 0 heterocycles. The van der Waals surface area contributed by atoms with E-state index in [9.17, 15) is 26.4 Å². The second-order valence-electron chi connectivity index (χ2n) is 10.1. The molecule has 0 saturated heterocycles. The summed E-state index contributed by atoms with van der Waals surface area (Å²) in [6.07, 6.45) is -1.64. The van der Waals surface area contributed by atoms with E-state index in [-0.39, 0.29) is 10.8 Å². The van der Waals surface area contributed by atoms with Crippen LogP contribution < -0.4 is 10.0 Å². The van der Waals surface area contributed by atoms with Crippen molar-refractivity contribution in [3.63, 3.8) is 0 Å². The molecule has 3 aromatic rings. The number of carbonyl (C=O) groups is 2. The lowest BCUT2D eigenvalue weighted by Gasteiger charge is -2.17. The molecule has 3 aromatic carbocycles. The zero-order valence-electron chi connectivity index (χ0n) is 22.7. The Morgan fingerprint density at radius 3 is 1.98 bits per heavy atom. The first-order chi connectivity index (χ1) is 19.2. The molecule has 1 aliphatic rings. The number of benzene rings is 3. The van der Waals surface area contributed by atoms with Crippen LogP contribution in [0, 0.1) is 0 Å². The molecule has 0 unspecified atom stereocenters. The summed E-state index contributed by atoms with van der Waals surface area (Å²) in [5, 5.41) is 10.2. The van der Waals surface area contributed by atoms with Crippen LogP contribution in [0.25, 0.3) is 0 Å². The first kappa shape index (κ1) is 31.7. The van der Waals surface area contributed by atoms with Crippen molar-refractivity contribution >= 4 is 27.6 Å². The molecule has 0 atom stereocenters. The maximum Gasteiger partial charge on any atom is 0.490 e. The molecule has 3 N–H and O–H groups in total. The van der Waals surface area contributed by atoms with Gasteiger partial charge in [0.05, 0.1) is 10.3 Å². The minimum absolute atomic E-state index is 0.0548. The molecular formula is C30H33F3N2O5S. The van der Waals surface area contributed by atoms with Crippen LogP contribution in [-0.4, -0.2) is 38.1 Å². The number of anilines is 1. The Labute approximate surface area is 237 Å². The number of carbonyl (C=O) groups excluding carboxylic acids is 1. The number of hydrogen-bond acceptors (Lipinski definition) is 4. The molecular weight excluding hydrogens is 557 g/mol. The normalized spacial score (nSPS) is 14.0. The van der Waals surface area contributed by atoms with Gasteiger partial charge in [0.25, 0.3) is 10.0 Å². The molecule has 0 aromatic heterocycles. The summed E-state index contributed by atoms with van der Waals surface area (Å²) >= 11 is 0. The number of carboxylic acids is 1. The van der Waals surface area contributed by atoms with Crippen molar-refractivity contribution < 1.29 is 36.3 Å². The number of nitrogens with one attached hydrogen (secondary N) is 2. The van der Waals surface area contributed by atoms with Gasteiger partial charge in [-0.3, -0.25) is 9.52 Å². The Morgan fingerprint density at radius 1 is 0.927 bits per heavy atom. The van der Waals surface area contributed by atoms with Gasteiger partial charge in [0, 0.05) is 12.2 Å². The molecule has 11 heteroatoms. The largest absolute Gasteiger partial charge is 0.490 e. The van der Waals surface area contributed by atoms with Gasteiger partial charge in [-0.15, -0.1) is 0 Å². The van der Waals surface area contributed by atoms with Crippen molar-refractivity contribution in [3.05, 3.63) is 95.6 Å². The first-order valence-electron chi connectivity index (χ1n) is 13.1. The average molecular weight is 591 g/mol. The maximum absolute atomic E-state index is 12.9. The van der Waals surface area contributed by atoms with E-state index in [2.05, 4.69) is 36.0 Å². The second kappa shape index (κ2) is 13.2. The summed E-state index contributed by atoms with van der Waals surface area (Å²) < 4.78 is 59.9. The lowest BCUT2D eigenvalue weighted by Crippen LogP contribution is -2.35. The highest BCUT2D eigenvalue weighted by atomic mass is 32.2. The summed E-state index contributed by atoms with van der Waals surface area (Å²) in [5.74, 6) is -2.36. The Kier molecular flexibility index (Phi) is 10.2. The molecule has 7 nitrogen and oxygen atoms in total. The number of amides is 1. The summed E-state index contributed by atoms with van der Waals surface area (Å²) in [7, 11) is -3.67. The highest BCUT2D eigenvalue weighted by Gasteiger charge is 2.51. The number of aryl methyl sites for hydroxylation is 1. The van der Waals surface area contributed by atoms with E-state index in [1.54, 1.807) is 24.3 Å². The standard InChI is InChI=1S/C28H32N2O3S.C2HF3O2/c1-21(2)23-10-16-26(17-11-23)34(32,33)30-25-14-12-24(13-15-25)28(18-19-28)27(31)29-20-6-9-22-7-4-3-5-8-22;3-2(4,5)1(6)7/h3-5,7-8,10-17,21,30H,6,9,18-20H2,1-2H3,(H,29,31);(H,6,7). The number of halogens is 3. The quantitative estimate of drug-likeness (QED) is 0.250. The summed E-state index contributed by atoms with van der Waals surface area (Å²) in [5.41, 5.74) is 3.29. The maximum atomic E-state index is 12.9. The third kappa shape index (κ3) is 8.81. The topological polar surface area (TPSA) is 113 Å². The second-order valence-corrected chi connectivity index (χ2v) is 11.8. The number of rotatable bonds is 10. The molecule has 1 saturated carbocycles. The van der Waals surface area contributed by atoms with Crippen molar-refractivity contribution in [2.24, 2.45) is 0 Å². The number of carboxylic acid groups (broad SMARTS) is 1. The fourth-order valence-corrected chi connectivity index (χ4v) is 5.24. The number of aliphatic carboxylic acids is 1. The lowest BCUT2D eigenvalue weighted by molar-refractivity contribution is -0.192. The molecule has 1 fully saturated rings. The monoisotopic (exact) mass is 590 g/mol. The molecule has 0 bridgehead atoms. The van der Waals surface area contributed by atoms with Crippen LogP contribution in [0.2, 0.25) is 0 Å². The van der Waals surface area contributed by atoms with Gasteiger partial charge < -0.3 is 10.4 Å². The summed E-state index contributed by atoms with van der Waals surface area (Å²) in [6, 6.07) is 24.4. The van der Waals surface area contributed by atoms with Gasteiger partial charge in [-0.25, -0.2) is 13.2 Å². The van der Waals surface area contributed by atoms with Gasteiger partial charge in [-0.2, -0.15) is 13.2 Å². The van der Waals surface area contributed by atoms with Gasteiger partial charge in [-0.05, 0) is 72.6 Å². The van der Waals surface area contributed by atoms with Crippen molar-refractivity contribution in [3.8, 4) is 0 Å². The third-order valence-corrected chi connectivity index (χ3v) is 8.14. The van der Waals surface area contributed by atoms with E-state index in [0.717, 1.165) is 36.8 Å². The first-order valence-corrected chi connectivity index (χ1v) is 14.6. The van der Waals surface area contributed by atoms with E-state index >= 15 is 0 Å². The van der Waals surface area contributed by atoms with Gasteiger partial charge in [0.1, 0.15) is 0 Å². The molecule has 1 aliphatic carbocycles. The summed E-state index contributed by atoms with van der Waals surface area (Å²) in [4.78, 5) is 22.0. The predicted octanol–water partition coefficient (Wildman–Crippen LogP) is 6.02. The zero-order chi connectivity index (χ0) is 30.3. The van der Waals surface area contributed by atoms with Crippen molar-refractivity contribution in [2.75, 3.05) is 11.3 Å². The van der Waals surface area contributed by atoms with Crippen LogP contribution in [0.4, 0.5) is 18.9 Å². The van der Waals surface area contributed by atoms with E-state index < -0.39 is 27.6 Å². The fraction of sp³-hybridized carbons (Fsp3) is 0.333. The van der Waals surface area contributed by atoms with Crippen molar-refractivity contribution in [1.82, 2.24) is 5.32 Å². The highest BCUT2D eigenvalue weighted by molar-refractivity contribution is 7.92. The summed E-state index contributed by atoms with van der Waals surface area (Å²) in [6.45, 7) is 4.78. The van der Waals surface area contributed by atoms with Crippen molar-refractivity contribution in [1.29, 1.82) is 0 Å². The Bertz CT molecular complexity index is 1420. The number of alkyl halides is 3. The zero-order valence-corrected chi connectivity index (χ0v) is 23.6. The van der Waals surface area contributed by atoms with Crippen molar-refractivity contribution in [2.45, 2.75) is 61.9 Å². The third-order valence-electron chi connectivity index (χ3n) is 6.74. The van der Waals surface area contributed by atoms with Gasteiger partial charge in [-0.1, -0.05) is 68.4 Å². The van der Waals surface area contributed by atoms with Crippen LogP contribution >= 0.6 is 0 Å². The molecule has 0 aliphatic heterocycles. The average Bonchev–Trinajstić information content (AvgIpc) is 3.74. The minimum atomic E-state index is -5.08. The highest BCUT2D eigenvalue weighted by Crippen LogP contribution is 2.48. The Balaban J connectivity index is 0.000000587. The smallest absolute Gasteiger partial charge is 0.475 e. The number of sulfonamides is 1. The minimum Gasteiger partial charge on any atom is -0.475 e.